The predicted octanol–water partition coefficient (Wildman–Crippen LogP) is 15.7. The zero-order valence-corrected chi connectivity index (χ0v) is 34.7. The first-order valence-electron chi connectivity index (χ1n) is 21.3. The molecule has 1 atom stereocenters. The second-order valence-electron chi connectivity index (χ2n) is 16.5. The maximum absolute atomic E-state index is 7.02. The molecule has 1 unspecified atom stereocenters. The van der Waals surface area contributed by atoms with E-state index in [0.29, 0.717) is 5.84 Å². The maximum Gasteiger partial charge on any atom is 0.160 e. The van der Waals surface area contributed by atoms with Crippen LogP contribution in [0.5, 0.6) is 0 Å². The zero-order chi connectivity index (χ0) is 40.9. The molecular weight excluding hydrogens is 775 g/mol. The van der Waals surface area contributed by atoms with Gasteiger partial charge in [-0.15, -0.1) is 11.3 Å². The number of furan rings is 1. The highest BCUT2D eigenvalue weighted by Crippen LogP contribution is 2.42. The van der Waals surface area contributed by atoms with Gasteiger partial charge in [0.25, 0.3) is 0 Å². The Labute approximate surface area is 361 Å². The molecule has 1 aliphatic heterocycles. The van der Waals surface area contributed by atoms with Crippen LogP contribution in [0, 0.1) is 5.92 Å². The number of rotatable bonds is 4. The van der Waals surface area contributed by atoms with Gasteiger partial charge in [0.1, 0.15) is 5.58 Å². The molecule has 3 aromatic heterocycles. The first kappa shape index (κ1) is 35.2. The molecule has 0 bridgehead atoms. The van der Waals surface area contributed by atoms with Crippen LogP contribution >= 0.6 is 11.3 Å². The lowest BCUT2D eigenvalue weighted by molar-refractivity contribution is 0.666. The van der Waals surface area contributed by atoms with Crippen LogP contribution in [-0.4, -0.2) is 16.1 Å². The van der Waals surface area contributed by atoms with E-state index < -0.39 is 0 Å². The van der Waals surface area contributed by atoms with Crippen molar-refractivity contribution in [2.24, 2.45) is 15.9 Å². The molecule has 13 rings (SSSR count). The van der Waals surface area contributed by atoms with Gasteiger partial charge in [0.2, 0.25) is 0 Å². The van der Waals surface area contributed by atoms with Crippen LogP contribution in [-0.2, 0) is 0 Å². The van der Waals surface area contributed by atoms with Gasteiger partial charge < -0.3 is 8.98 Å². The van der Waals surface area contributed by atoms with E-state index in [1.165, 1.54) is 52.5 Å². The Morgan fingerprint density at radius 2 is 1.24 bits per heavy atom. The Kier molecular flexibility index (Phi) is 7.78. The summed E-state index contributed by atoms with van der Waals surface area (Å²) in [7, 11) is 0. The predicted molar refractivity (Wildman–Crippen MR) is 264 cm³/mol. The number of aromatic nitrogens is 1. The Balaban J connectivity index is 1.10. The zero-order valence-electron chi connectivity index (χ0n) is 33.8. The second-order valence-corrected chi connectivity index (χ2v) is 17.6. The molecule has 292 valence electrons. The summed E-state index contributed by atoms with van der Waals surface area (Å²) in [5.74, 6) is 0.774. The molecule has 62 heavy (non-hydrogen) atoms. The van der Waals surface area contributed by atoms with Crippen LogP contribution in [0.15, 0.2) is 202 Å². The van der Waals surface area contributed by atoms with Crippen LogP contribution in [0.4, 0.5) is 0 Å². The molecule has 0 spiro atoms. The highest BCUT2D eigenvalue weighted by molar-refractivity contribution is 7.25. The molecule has 4 heterocycles. The van der Waals surface area contributed by atoms with Gasteiger partial charge >= 0.3 is 0 Å². The highest BCUT2D eigenvalue weighted by Gasteiger charge is 2.25. The maximum atomic E-state index is 7.02. The highest BCUT2D eigenvalue weighted by atomic mass is 32.1. The summed E-state index contributed by atoms with van der Waals surface area (Å²) in [5.41, 5.74) is 9.96. The number of para-hydroxylation sites is 2. The minimum absolute atomic E-state index is 0.109. The lowest BCUT2D eigenvalue weighted by atomic mass is 9.90. The Bertz CT molecular complexity index is 3930. The third-order valence-corrected chi connectivity index (χ3v) is 14.0. The fourth-order valence-corrected chi connectivity index (χ4v) is 11.0. The van der Waals surface area contributed by atoms with Gasteiger partial charge in [0, 0.05) is 64.3 Å². The fourth-order valence-electron chi connectivity index (χ4n) is 9.86. The van der Waals surface area contributed by atoms with Gasteiger partial charge in [-0.1, -0.05) is 146 Å². The van der Waals surface area contributed by atoms with E-state index in [0.717, 1.165) is 73.2 Å². The normalized spacial score (nSPS) is 17.4. The molecule has 4 nitrogen and oxygen atoms in total. The minimum Gasteiger partial charge on any atom is -0.454 e. The van der Waals surface area contributed by atoms with E-state index in [2.05, 4.69) is 193 Å². The molecule has 12 aromatic rings. The van der Waals surface area contributed by atoms with Crippen LogP contribution in [0.2, 0.25) is 0 Å². The van der Waals surface area contributed by atoms with E-state index in [-0.39, 0.29) is 5.92 Å². The Morgan fingerprint density at radius 1 is 0.532 bits per heavy atom. The van der Waals surface area contributed by atoms with Crippen molar-refractivity contribution in [2.45, 2.75) is 13.3 Å². The molecule has 5 heteroatoms. The topological polar surface area (TPSA) is 42.8 Å². The van der Waals surface area contributed by atoms with Gasteiger partial charge in [-0.05, 0) is 76.5 Å². The number of benzene rings is 9. The molecule has 0 N–H and O–H groups in total. The number of fused-ring (bicyclic) bond motifs is 11. The molecule has 0 aliphatic carbocycles. The number of hydrogen-bond acceptors (Lipinski definition) is 4. The average molecular weight is 812 g/mol. The van der Waals surface area contributed by atoms with Crippen molar-refractivity contribution in [1.82, 2.24) is 4.57 Å². The Hall–Kier alpha value is -7.60. The van der Waals surface area contributed by atoms with Crippen molar-refractivity contribution in [1.29, 1.82) is 0 Å². The third kappa shape index (κ3) is 5.38. The van der Waals surface area contributed by atoms with E-state index in [1.807, 2.05) is 17.4 Å². The van der Waals surface area contributed by atoms with E-state index in [9.17, 15) is 0 Å². The smallest absolute Gasteiger partial charge is 0.160 e. The number of nitrogens with zero attached hydrogens (tertiary/aromatic N) is 3. The van der Waals surface area contributed by atoms with Gasteiger partial charge in [-0.3, -0.25) is 0 Å². The van der Waals surface area contributed by atoms with E-state index in [1.54, 1.807) is 0 Å². The van der Waals surface area contributed by atoms with Gasteiger partial charge in [0.05, 0.1) is 28.1 Å². The van der Waals surface area contributed by atoms with Crippen molar-refractivity contribution in [2.75, 3.05) is 0 Å². The Morgan fingerprint density at radius 3 is 2.13 bits per heavy atom. The summed E-state index contributed by atoms with van der Waals surface area (Å²) >= 11 is 1.83. The first-order chi connectivity index (χ1) is 30.6. The van der Waals surface area contributed by atoms with E-state index in [4.69, 9.17) is 14.4 Å². The van der Waals surface area contributed by atoms with Gasteiger partial charge in [-0.25, -0.2) is 9.98 Å². The molecule has 0 fully saturated rings. The number of hydrogen-bond donors (Lipinski definition) is 0. The quantitative estimate of drug-likeness (QED) is 0.175. The van der Waals surface area contributed by atoms with Crippen molar-refractivity contribution in [3.05, 3.63) is 205 Å². The van der Waals surface area contributed by atoms with Crippen molar-refractivity contribution < 1.29 is 4.42 Å². The number of aliphatic imine (C=N–C) groups is 2. The molecule has 0 saturated heterocycles. The SMILES string of the molecule is CC1C/C=C(c2ccc3c(c2)sc2ccccc23)/N=C(c2ccc(-n3c4ccccc4c4cc5ccccc5cc43)c3oc4ccccc4c23)\N=C/1c1cccc2ccccc12. The number of amidine groups is 1. The van der Waals surface area contributed by atoms with Crippen LogP contribution in [0.25, 0.3) is 96.8 Å². The summed E-state index contributed by atoms with van der Waals surface area (Å²) in [6.07, 6.45) is 3.12. The fraction of sp³-hybridized carbons (Fsp3) is 0.0526. The monoisotopic (exact) mass is 811 g/mol. The molecular formula is C57H37N3OS. The summed E-state index contributed by atoms with van der Waals surface area (Å²) in [5, 5.41) is 11.8. The van der Waals surface area contributed by atoms with E-state index >= 15 is 0 Å². The minimum atomic E-state index is 0.109. The third-order valence-electron chi connectivity index (χ3n) is 12.9. The van der Waals surface area contributed by atoms with Crippen molar-refractivity contribution >= 4 is 114 Å². The lowest BCUT2D eigenvalue weighted by Crippen LogP contribution is -2.17. The summed E-state index contributed by atoms with van der Waals surface area (Å²) in [6.45, 7) is 2.30. The largest absolute Gasteiger partial charge is 0.454 e. The summed E-state index contributed by atoms with van der Waals surface area (Å²) in [4.78, 5) is 11.4. The standard InChI is InChI=1S/C57H37N3OS/c1-34-25-29-47(38-26-27-42-41-19-8-11-24-52(41)62-53(42)33-38)58-57(59-55(34)43-21-12-16-35-13-4-5-17-39(35)43)45-28-30-49(56-54(45)44-20-7-10-23-51(44)61-56)60-48-22-9-6-18-40(48)46-31-36-14-2-3-15-37(36)32-50(46)60/h2-24,26-34H,25H2,1H3/b47-29+,58-57-,59-55+. The van der Waals surface area contributed by atoms with Gasteiger partial charge in [0.15, 0.2) is 11.4 Å². The number of allylic oxidation sites excluding steroid dienone is 1. The molecule has 0 radical (unpaired) electrons. The van der Waals surface area contributed by atoms with Crippen LogP contribution in [0.1, 0.15) is 30.0 Å². The average Bonchev–Trinajstić information content (AvgIpc) is 3.99. The molecule has 9 aromatic carbocycles. The van der Waals surface area contributed by atoms with Crippen LogP contribution < -0.4 is 0 Å². The second kappa shape index (κ2) is 13.7. The van der Waals surface area contributed by atoms with Crippen LogP contribution in [0.3, 0.4) is 0 Å². The van der Waals surface area contributed by atoms with Crippen molar-refractivity contribution in [3.63, 3.8) is 0 Å². The number of thiophene rings is 1. The summed E-state index contributed by atoms with van der Waals surface area (Å²) in [6, 6.07) is 65.4. The first-order valence-corrected chi connectivity index (χ1v) is 22.1. The van der Waals surface area contributed by atoms with Crippen molar-refractivity contribution in [3.8, 4) is 5.69 Å². The summed E-state index contributed by atoms with van der Waals surface area (Å²) < 4.78 is 11.9. The molecule has 1 aliphatic rings. The lowest BCUT2D eigenvalue weighted by Gasteiger charge is -2.20. The molecule has 0 saturated carbocycles. The molecule has 0 amide bonds. The van der Waals surface area contributed by atoms with Gasteiger partial charge in [-0.2, -0.15) is 0 Å².